The van der Waals surface area contributed by atoms with Crippen LogP contribution in [0, 0.1) is 6.92 Å². The highest BCUT2D eigenvalue weighted by Gasteiger charge is 2.32. The molecule has 0 radical (unpaired) electrons. The Hall–Kier alpha value is -1.45. The van der Waals surface area contributed by atoms with Gasteiger partial charge in [0.05, 0.1) is 29.8 Å². The Morgan fingerprint density at radius 1 is 1.17 bits per heavy atom. The number of carbonyl (C=O) groups is 1. The highest BCUT2D eigenvalue weighted by atomic mass is 32.2. The van der Waals surface area contributed by atoms with E-state index in [1.54, 1.807) is 4.68 Å². The summed E-state index contributed by atoms with van der Waals surface area (Å²) in [6, 6.07) is 2.09. The third-order valence-corrected chi connectivity index (χ3v) is 8.19. The first-order chi connectivity index (χ1) is 13.9. The SMILES string of the molecule is Cc1cc(NC(=O)CN2CCC[C@@H]2CN2CCCCC2)n([C@@H]2CCS(=O)(=O)C2)n1. The van der Waals surface area contributed by atoms with Crippen LogP contribution in [-0.2, 0) is 14.6 Å². The molecule has 1 N–H and O–H groups in total. The number of nitrogens with zero attached hydrogens (tertiary/aromatic N) is 4. The predicted molar refractivity (Wildman–Crippen MR) is 113 cm³/mol. The van der Waals surface area contributed by atoms with Crippen molar-refractivity contribution >= 4 is 21.6 Å². The molecular formula is C20H33N5O3S. The number of rotatable bonds is 6. The lowest BCUT2D eigenvalue weighted by Crippen LogP contribution is -2.44. The number of sulfone groups is 1. The van der Waals surface area contributed by atoms with Crippen LogP contribution < -0.4 is 5.32 Å². The van der Waals surface area contributed by atoms with Gasteiger partial charge in [-0.25, -0.2) is 13.1 Å². The van der Waals surface area contributed by atoms with Gasteiger partial charge in [-0.15, -0.1) is 0 Å². The second-order valence-corrected chi connectivity index (χ2v) is 11.1. The topological polar surface area (TPSA) is 87.5 Å². The van der Waals surface area contributed by atoms with Crippen molar-refractivity contribution in [2.75, 3.05) is 49.5 Å². The van der Waals surface area contributed by atoms with Gasteiger partial charge in [0.25, 0.3) is 0 Å². The fourth-order valence-electron chi connectivity index (χ4n) is 4.97. The van der Waals surface area contributed by atoms with Crippen LogP contribution in [0.4, 0.5) is 5.82 Å². The Bertz CT molecular complexity index is 831. The second-order valence-electron chi connectivity index (χ2n) is 8.85. The van der Waals surface area contributed by atoms with Gasteiger partial charge in [-0.3, -0.25) is 9.69 Å². The van der Waals surface area contributed by atoms with Crippen LogP contribution >= 0.6 is 0 Å². The smallest absolute Gasteiger partial charge is 0.239 e. The molecule has 3 aliphatic rings. The third-order valence-electron chi connectivity index (χ3n) is 6.44. The van der Waals surface area contributed by atoms with Gasteiger partial charge in [0, 0.05) is 18.7 Å². The lowest BCUT2D eigenvalue weighted by molar-refractivity contribution is -0.117. The Labute approximate surface area is 173 Å². The largest absolute Gasteiger partial charge is 0.310 e. The van der Waals surface area contributed by atoms with Gasteiger partial charge >= 0.3 is 0 Å². The monoisotopic (exact) mass is 423 g/mol. The van der Waals surface area contributed by atoms with Crippen molar-refractivity contribution in [2.24, 2.45) is 0 Å². The first-order valence-corrected chi connectivity index (χ1v) is 12.7. The van der Waals surface area contributed by atoms with Crippen LogP contribution in [0.2, 0.25) is 0 Å². The molecule has 3 fully saturated rings. The van der Waals surface area contributed by atoms with E-state index < -0.39 is 9.84 Å². The van der Waals surface area contributed by atoms with E-state index in [1.807, 2.05) is 13.0 Å². The number of anilines is 1. The molecule has 8 nitrogen and oxygen atoms in total. The van der Waals surface area contributed by atoms with Crippen molar-refractivity contribution in [3.8, 4) is 0 Å². The zero-order valence-electron chi connectivity index (χ0n) is 17.3. The molecule has 0 unspecified atom stereocenters. The number of hydrogen-bond donors (Lipinski definition) is 1. The van der Waals surface area contributed by atoms with E-state index in [0.717, 1.165) is 31.6 Å². The molecule has 4 heterocycles. The van der Waals surface area contributed by atoms with E-state index in [-0.39, 0.29) is 23.5 Å². The summed E-state index contributed by atoms with van der Waals surface area (Å²) in [5, 5.41) is 7.45. The molecule has 0 aliphatic carbocycles. The van der Waals surface area contributed by atoms with E-state index in [1.165, 1.54) is 32.4 Å². The van der Waals surface area contributed by atoms with Gasteiger partial charge in [0.2, 0.25) is 5.91 Å². The number of carbonyl (C=O) groups excluding carboxylic acids is 1. The molecule has 0 spiro atoms. The molecule has 0 bridgehead atoms. The minimum atomic E-state index is -3.01. The maximum atomic E-state index is 12.8. The Balaban J connectivity index is 1.36. The fraction of sp³-hybridized carbons (Fsp3) is 0.800. The van der Waals surface area contributed by atoms with Crippen molar-refractivity contribution < 1.29 is 13.2 Å². The highest BCUT2D eigenvalue weighted by Crippen LogP contribution is 2.27. The summed E-state index contributed by atoms with van der Waals surface area (Å²) in [5.41, 5.74) is 0.786. The molecule has 3 saturated heterocycles. The summed E-state index contributed by atoms with van der Waals surface area (Å²) < 4.78 is 25.4. The lowest BCUT2D eigenvalue weighted by atomic mass is 10.1. The van der Waals surface area contributed by atoms with Crippen LogP contribution in [0.15, 0.2) is 6.07 Å². The normalized spacial score (nSPS) is 28.0. The van der Waals surface area contributed by atoms with Gasteiger partial charge in [-0.1, -0.05) is 6.42 Å². The number of likely N-dealkylation sites (tertiary alicyclic amines) is 2. The summed E-state index contributed by atoms with van der Waals surface area (Å²) >= 11 is 0. The fourth-order valence-corrected chi connectivity index (χ4v) is 6.67. The standard InChI is InChI=1S/C20H33N5O3S/c1-16-12-19(25(22-16)18-7-11-29(27,28)15-18)21-20(26)14-24-10-5-6-17(24)13-23-8-3-2-4-9-23/h12,17-18H,2-11,13-15H2,1H3,(H,21,26)/t17-,18-/m1/s1. The van der Waals surface area contributed by atoms with E-state index >= 15 is 0 Å². The first kappa shape index (κ1) is 20.8. The quantitative estimate of drug-likeness (QED) is 0.745. The molecule has 9 heteroatoms. The molecule has 1 amide bonds. The second kappa shape index (κ2) is 8.73. The molecule has 3 aliphatic heterocycles. The Morgan fingerprint density at radius 3 is 2.69 bits per heavy atom. The number of aromatic nitrogens is 2. The molecule has 29 heavy (non-hydrogen) atoms. The summed E-state index contributed by atoms with van der Waals surface area (Å²) in [5.74, 6) is 0.857. The molecule has 162 valence electrons. The summed E-state index contributed by atoms with van der Waals surface area (Å²) in [6.45, 7) is 6.63. The molecule has 0 aromatic carbocycles. The Morgan fingerprint density at radius 2 is 1.97 bits per heavy atom. The van der Waals surface area contributed by atoms with Gasteiger partial charge in [0.1, 0.15) is 5.82 Å². The van der Waals surface area contributed by atoms with Gasteiger partial charge < -0.3 is 10.2 Å². The number of aryl methyl sites for hydroxylation is 1. The van der Waals surface area contributed by atoms with Crippen molar-refractivity contribution in [1.82, 2.24) is 19.6 Å². The van der Waals surface area contributed by atoms with E-state index in [2.05, 4.69) is 20.2 Å². The zero-order valence-corrected chi connectivity index (χ0v) is 18.2. The van der Waals surface area contributed by atoms with Crippen molar-refractivity contribution in [2.45, 2.75) is 57.5 Å². The number of amides is 1. The van der Waals surface area contributed by atoms with Crippen LogP contribution in [0.25, 0.3) is 0 Å². The molecular weight excluding hydrogens is 390 g/mol. The van der Waals surface area contributed by atoms with E-state index in [4.69, 9.17) is 0 Å². The first-order valence-electron chi connectivity index (χ1n) is 10.9. The van der Waals surface area contributed by atoms with Gasteiger partial charge in [-0.2, -0.15) is 5.10 Å². The van der Waals surface area contributed by atoms with Gasteiger partial charge in [0.15, 0.2) is 9.84 Å². The molecule has 2 atom stereocenters. The van der Waals surface area contributed by atoms with E-state index in [0.29, 0.717) is 24.8 Å². The van der Waals surface area contributed by atoms with Crippen LogP contribution in [0.3, 0.4) is 0 Å². The summed E-state index contributed by atoms with van der Waals surface area (Å²) in [4.78, 5) is 17.6. The Kier molecular flexibility index (Phi) is 6.27. The predicted octanol–water partition coefficient (Wildman–Crippen LogP) is 1.44. The van der Waals surface area contributed by atoms with Crippen molar-refractivity contribution in [3.05, 3.63) is 11.8 Å². The van der Waals surface area contributed by atoms with E-state index in [9.17, 15) is 13.2 Å². The minimum Gasteiger partial charge on any atom is -0.310 e. The number of hydrogen-bond acceptors (Lipinski definition) is 6. The number of nitrogens with one attached hydrogen (secondary N) is 1. The van der Waals surface area contributed by atoms with Gasteiger partial charge in [-0.05, 0) is 58.7 Å². The van der Waals surface area contributed by atoms with Crippen molar-refractivity contribution in [1.29, 1.82) is 0 Å². The zero-order chi connectivity index (χ0) is 20.4. The summed E-state index contributed by atoms with van der Waals surface area (Å²) in [7, 11) is -3.01. The minimum absolute atomic E-state index is 0.0439. The molecule has 1 aromatic rings. The van der Waals surface area contributed by atoms with Crippen LogP contribution in [0.5, 0.6) is 0 Å². The highest BCUT2D eigenvalue weighted by molar-refractivity contribution is 7.91. The molecule has 0 saturated carbocycles. The van der Waals surface area contributed by atoms with Crippen LogP contribution in [0.1, 0.15) is 50.3 Å². The van der Waals surface area contributed by atoms with Crippen molar-refractivity contribution in [3.63, 3.8) is 0 Å². The average molecular weight is 424 g/mol. The lowest BCUT2D eigenvalue weighted by Gasteiger charge is -2.32. The molecule has 4 rings (SSSR count). The molecule has 1 aromatic heterocycles. The number of piperidine rings is 1. The summed E-state index contributed by atoms with van der Waals surface area (Å²) in [6.07, 6.45) is 6.75. The third kappa shape index (κ3) is 5.19. The van der Waals surface area contributed by atoms with Crippen LogP contribution in [-0.4, -0.2) is 84.2 Å². The average Bonchev–Trinajstić information content (AvgIpc) is 3.35. The maximum Gasteiger partial charge on any atom is 0.239 e. The maximum absolute atomic E-state index is 12.8.